The van der Waals surface area contributed by atoms with Gasteiger partial charge in [-0.2, -0.15) is 0 Å². The van der Waals surface area contributed by atoms with Crippen molar-refractivity contribution in [2.24, 2.45) is 7.05 Å². The lowest BCUT2D eigenvalue weighted by atomic mass is 10.2. The van der Waals surface area contributed by atoms with E-state index in [1.807, 2.05) is 14.0 Å². The fourth-order valence-electron chi connectivity index (χ4n) is 1.79. The molecule has 2 aromatic heterocycles. The number of carbonyl (C=O) groups excluding carboxylic acids is 1. The number of aryl methyl sites for hydroxylation is 2. The fraction of sp³-hybridized carbons (Fsp3) is 0.333. The first-order valence-electron chi connectivity index (χ1n) is 5.76. The Labute approximate surface area is 115 Å². The third kappa shape index (κ3) is 3.08. The zero-order valence-corrected chi connectivity index (χ0v) is 11.6. The molecule has 0 aliphatic heterocycles. The minimum atomic E-state index is -0.243. The largest absolute Gasteiger partial charge is 0.342 e. The Morgan fingerprint density at radius 1 is 1.47 bits per heavy atom. The van der Waals surface area contributed by atoms with Crippen molar-refractivity contribution in [3.63, 3.8) is 0 Å². The van der Waals surface area contributed by atoms with Crippen LogP contribution in [0.2, 0.25) is 5.15 Å². The summed E-state index contributed by atoms with van der Waals surface area (Å²) in [6, 6.07) is 2.98. The van der Waals surface area contributed by atoms with Gasteiger partial charge in [0.05, 0.1) is 6.04 Å². The SMILES string of the molecule is Cc1cc(C(=O)NC(C)c2nncn2C)cc(Cl)n1. The quantitative estimate of drug-likeness (QED) is 0.868. The summed E-state index contributed by atoms with van der Waals surface area (Å²) in [5.41, 5.74) is 1.18. The summed E-state index contributed by atoms with van der Waals surface area (Å²) in [5, 5.41) is 10.9. The van der Waals surface area contributed by atoms with Crippen molar-refractivity contribution in [3.05, 3.63) is 40.7 Å². The summed E-state index contributed by atoms with van der Waals surface area (Å²) in [7, 11) is 1.82. The van der Waals surface area contributed by atoms with Gasteiger partial charge in [0.2, 0.25) is 0 Å². The third-order valence-corrected chi connectivity index (χ3v) is 2.86. The highest BCUT2D eigenvalue weighted by Gasteiger charge is 2.16. The first kappa shape index (κ1) is 13.5. The second kappa shape index (κ2) is 5.36. The topological polar surface area (TPSA) is 72.7 Å². The smallest absolute Gasteiger partial charge is 0.252 e. The molecule has 100 valence electrons. The van der Waals surface area contributed by atoms with Crippen LogP contribution in [0.3, 0.4) is 0 Å². The van der Waals surface area contributed by atoms with E-state index in [0.717, 1.165) is 0 Å². The molecule has 2 aromatic rings. The summed E-state index contributed by atoms with van der Waals surface area (Å²) in [5.74, 6) is 0.466. The molecule has 0 aliphatic carbocycles. The Morgan fingerprint density at radius 2 is 2.21 bits per heavy atom. The van der Waals surface area contributed by atoms with Crippen LogP contribution in [0.25, 0.3) is 0 Å². The average Bonchev–Trinajstić information content (AvgIpc) is 2.74. The molecule has 1 atom stereocenters. The predicted molar refractivity (Wildman–Crippen MR) is 70.9 cm³/mol. The Kier molecular flexibility index (Phi) is 3.80. The number of nitrogens with zero attached hydrogens (tertiary/aromatic N) is 4. The van der Waals surface area contributed by atoms with Crippen LogP contribution < -0.4 is 5.32 Å². The van der Waals surface area contributed by atoms with Crippen molar-refractivity contribution in [1.29, 1.82) is 0 Å². The van der Waals surface area contributed by atoms with Gasteiger partial charge >= 0.3 is 0 Å². The highest BCUT2D eigenvalue weighted by molar-refractivity contribution is 6.29. The maximum Gasteiger partial charge on any atom is 0.252 e. The van der Waals surface area contributed by atoms with Crippen molar-refractivity contribution < 1.29 is 4.79 Å². The second-order valence-corrected chi connectivity index (χ2v) is 4.70. The average molecular weight is 280 g/mol. The van der Waals surface area contributed by atoms with E-state index in [1.54, 1.807) is 23.9 Å². The molecule has 0 saturated carbocycles. The van der Waals surface area contributed by atoms with Gasteiger partial charge in [0.1, 0.15) is 11.5 Å². The number of aromatic nitrogens is 4. The van der Waals surface area contributed by atoms with Gasteiger partial charge in [-0.1, -0.05) is 11.6 Å². The van der Waals surface area contributed by atoms with Gasteiger partial charge in [-0.15, -0.1) is 10.2 Å². The minimum absolute atomic E-state index is 0.220. The van der Waals surface area contributed by atoms with E-state index in [2.05, 4.69) is 20.5 Å². The molecule has 19 heavy (non-hydrogen) atoms. The highest BCUT2D eigenvalue weighted by atomic mass is 35.5. The van der Waals surface area contributed by atoms with Gasteiger partial charge in [-0.3, -0.25) is 4.79 Å². The summed E-state index contributed by atoms with van der Waals surface area (Å²) >= 11 is 5.84. The van der Waals surface area contributed by atoms with E-state index in [-0.39, 0.29) is 11.9 Å². The molecule has 0 spiro atoms. The molecular weight excluding hydrogens is 266 g/mol. The van der Waals surface area contributed by atoms with Gasteiger partial charge in [0.25, 0.3) is 5.91 Å². The molecule has 6 nitrogen and oxygen atoms in total. The molecule has 0 fully saturated rings. The van der Waals surface area contributed by atoms with E-state index >= 15 is 0 Å². The van der Waals surface area contributed by atoms with Crippen molar-refractivity contribution in [3.8, 4) is 0 Å². The monoisotopic (exact) mass is 279 g/mol. The fourth-order valence-corrected chi connectivity index (χ4v) is 2.04. The molecule has 0 aromatic carbocycles. The van der Waals surface area contributed by atoms with Gasteiger partial charge in [-0.25, -0.2) is 4.98 Å². The molecule has 0 saturated heterocycles. The molecule has 0 radical (unpaired) electrons. The van der Waals surface area contributed by atoms with Crippen LogP contribution in [0.1, 0.15) is 34.8 Å². The molecule has 0 aliphatic rings. The van der Waals surface area contributed by atoms with Gasteiger partial charge in [-0.05, 0) is 26.0 Å². The summed E-state index contributed by atoms with van der Waals surface area (Å²) in [6.45, 7) is 3.63. The Morgan fingerprint density at radius 3 is 2.79 bits per heavy atom. The molecule has 1 amide bonds. The van der Waals surface area contributed by atoms with Gasteiger partial charge in [0.15, 0.2) is 5.82 Å². The van der Waals surface area contributed by atoms with Crippen molar-refractivity contribution in [2.45, 2.75) is 19.9 Å². The molecule has 2 rings (SSSR count). The van der Waals surface area contributed by atoms with Crippen LogP contribution in [0, 0.1) is 6.92 Å². The molecule has 7 heteroatoms. The number of carbonyl (C=O) groups is 1. The van der Waals surface area contributed by atoms with Crippen LogP contribution in [-0.4, -0.2) is 25.7 Å². The highest BCUT2D eigenvalue weighted by Crippen LogP contribution is 2.13. The minimum Gasteiger partial charge on any atom is -0.342 e. The lowest BCUT2D eigenvalue weighted by Crippen LogP contribution is -2.28. The van der Waals surface area contributed by atoms with Crippen LogP contribution in [0.4, 0.5) is 0 Å². The zero-order valence-electron chi connectivity index (χ0n) is 10.9. The number of nitrogens with one attached hydrogen (secondary N) is 1. The van der Waals surface area contributed by atoms with Crippen LogP contribution in [0.15, 0.2) is 18.5 Å². The van der Waals surface area contributed by atoms with Crippen LogP contribution in [0.5, 0.6) is 0 Å². The number of hydrogen-bond donors (Lipinski definition) is 1. The molecule has 1 N–H and O–H groups in total. The van der Waals surface area contributed by atoms with Gasteiger partial charge < -0.3 is 9.88 Å². The number of pyridine rings is 1. The van der Waals surface area contributed by atoms with Crippen LogP contribution >= 0.6 is 11.6 Å². The summed E-state index contributed by atoms with van der Waals surface area (Å²) in [4.78, 5) is 16.1. The number of amides is 1. The Balaban J connectivity index is 2.15. The van der Waals surface area contributed by atoms with Crippen molar-refractivity contribution in [2.75, 3.05) is 0 Å². The lowest BCUT2D eigenvalue weighted by Gasteiger charge is -2.13. The van der Waals surface area contributed by atoms with Crippen LogP contribution in [-0.2, 0) is 7.05 Å². The van der Waals surface area contributed by atoms with E-state index < -0.39 is 0 Å². The summed E-state index contributed by atoms with van der Waals surface area (Å²) in [6.07, 6.45) is 1.59. The van der Waals surface area contributed by atoms with Gasteiger partial charge in [0, 0.05) is 18.3 Å². The maximum absolute atomic E-state index is 12.1. The molecule has 2 heterocycles. The Bertz CT molecular complexity index is 590. The predicted octanol–water partition coefficient (Wildman–Crippen LogP) is 1.66. The normalized spacial score (nSPS) is 12.2. The second-order valence-electron chi connectivity index (χ2n) is 4.32. The maximum atomic E-state index is 12.1. The molecular formula is C12H14ClN5O. The number of halogens is 1. The van der Waals surface area contributed by atoms with E-state index in [0.29, 0.717) is 22.2 Å². The van der Waals surface area contributed by atoms with Crippen molar-refractivity contribution >= 4 is 17.5 Å². The van der Waals surface area contributed by atoms with E-state index in [4.69, 9.17) is 11.6 Å². The van der Waals surface area contributed by atoms with E-state index in [1.165, 1.54) is 6.07 Å². The third-order valence-electron chi connectivity index (χ3n) is 2.67. The first-order chi connectivity index (χ1) is 8.97. The standard InChI is InChI=1S/C12H14ClN5O/c1-7-4-9(5-10(13)15-7)12(19)16-8(2)11-17-14-6-18(11)3/h4-6,8H,1-3H3,(H,16,19). The lowest BCUT2D eigenvalue weighted by molar-refractivity contribution is 0.0937. The summed E-state index contributed by atoms with van der Waals surface area (Å²) < 4.78 is 1.76. The molecule has 0 bridgehead atoms. The molecule has 1 unspecified atom stereocenters. The number of rotatable bonds is 3. The zero-order chi connectivity index (χ0) is 14.0. The first-order valence-corrected chi connectivity index (χ1v) is 6.14. The van der Waals surface area contributed by atoms with E-state index in [9.17, 15) is 4.79 Å². The Hall–Kier alpha value is -1.95. The van der Waals surface area contributed by atoms with Crippen molar-refractivity contribution in [1.82, 2.24) is 25.1 Å². The number of hydrogen-bond acceptors (Lipinski definition) is 4.